The van der Waals surface area contributed by atoms with Gasteiger partial charge in [0.1, 0.15) is 5.58 Å². The summed E-state index contributed by atoms with van der Waals surface area (Å²) in [4.78, 5) is 23.9. The fourth-order valence-electron chi connectivity index (χ4n) is 2.37. The van der Waals surface area contributed by atoms with Gasteiger partial charge in [-0.3, -0.25) is 4.79 Å². The predicted molar refractivity (Wildman–Crippen MR) is 76.7 cm³/mol. The molecule has 0 spiro atoms. The molecule has 1 aromatic heterocycles. The number of nitrogens with one attached hydrogen (secondary N) is 1. The van der Waals surface area contributed by atoms with Gasteiger partial charge in [0, 0.05) is 17.6 Å². The summed E-state index contributed by atoms with van der Waals surface area (Å²) in [6.45, 7) is 0.622. The Hall–Kier alpha value is -2.50. The van der Waals surface area contributed by atoms with Gasteiger partial charge in [-0.2, -0.15) is 0 Å². The summed E-state index contributed by atoms with van der Waals surface area (Å²) in [6, 6.07) is 6.68. The molecule has 21 heavy (non-hydrogen) atoms. The van der Waals surface area contributed by atoms with Gasteiger partial charge in [-0.05, 0) is 43.5 Å². The number of carbonyl (C=O) groups is 2. The first kappa shape index (κ1) is 13.5. The van der Waals surface area contributed by atoms with Crippen molar-refractivity contribution in [2.45, 2.75) is 25.4 Å². The molecule has 2 aromatic rings. The molecule has 110 valence electrons. The van der Waals surface area contributed by atoms with E-state index in [1.54, 1.807) is 24.3 Å². The van der Waals surface area contributed by atoms with Crippen LogP contribution in [0.5, 0.6) is 0 Å². The van der Waals surface area contributed by atoms with E-state index in [0.717, 1.165) is 18.2 Å². The van der Waals surface area contributed by atoms with E-state index in [4.69, 9.17) is 14.9 Å². The number of benzene rings is 1. The monoisotopic (exact) mass is 288 g/mol. The van der Waals surface area contributed by atoms with E-state index < -0.39 is 12.1 Å². The van der Waals surface area contributed by atoms with Gasteiger partial charge in [-0.15, -0.1) is 0 Å². The van der Waals surface area contributed by atoms with Crippen molar-refractivity contribution in [2.24, 2.45) is 0 Å². The van der Waals surface area contributed by atoms with Crippen LogP contribution in [-0.2, 0) is 9.53 Å². The summed E-state index contributed by atoms with van der Waals surface area (Å²) >= 11 is 0. The molecule has 0 bridgehead atoms. The van der Waals surface area contributed by atoms with E-state index in [2.05, 4.69) is 5.32 Å². The Labute approximate surface area is 121 Å². The lowest BCUT2D eigenvalue weighted by atomic mass is 10.2. The van der Waals surface area contributed by atoms with E-state index in [1.165, 1.54) is 0 Å². The van der Waals surface area contributed by atoms with Crippen LogP contribution < -0.4 is 11.1 Å². The number of rotatable bonds is 2. The molecular weight excluding hydrogens is 272 g/mol. The number of nitrogen functional groups attached to an aromatic ring is 1. The Morgan fingerprint density at radius 1 is 1.33 bits per heavy atom. The van der Waals surface area contributed by atoms with E-state index in [1.807, 2.05) is 0 Å². The van der Waals surface area contributed by atoms with Crippen molar-refractivity contribution in [3.8, 4) is 0 Å². The summed E-state index contributed by atoms with van der Waals surface area (Å²) in [5.41, 5.74) is 6.83. The van der Waals surface area contributed by atoms with Crippen molar-refractivity contribution in [3.05, 3.63) is 30.0 Å². The van der Waals surface area contributed by atoms with Crippen molar-refractivity contribution in [3.63, 3.8) is 0 Å². The Kier molecular flexibility index (Phi) is 3.51. The predicted octanol–water partition coefficient (Wildman–Crippen LogP) is 1.84. The highest BCUT2D eigenvalue weighted by Gasteiger charge is 2.26. The van der Waals surface area contributed by atoms with Gasteiger partial charge >= 0.3 is 5.97 Å². The van der Waals surface area contributed by atoms with Crippen LogP contribution in [0.25, 0.3) is 11.0 Å². The second kappa shape index (κ2) is 5.47. The Bertz CT molecular complexity index is 692. The molecule has 1 aliphatic rings. The lowest BCUT2D eigenvalue weighted by molar-refractivity contribution is -0.129. The first-order chi connectivity index (χ1) is 10.1. The van der Waals surface area contributed by atoms with Crippen LogP contribution >= 0.6 is 0 Å². The second-order valence-corrected chi connectivity index (χ2v) is 5.09. The van der Waals surface area contributed by atoms with Gasteiger partial charge in [-0.25, -0.2) is 4.79 Å². The van der Waals surface area contributed by atoms with E-state index in [9.17, 15) is 9.59 Å². The lowest BCUT2D eigenvalue weighted by Gasteiger charge is -2.13. The highest BCUT2D eigenvalue weighted by atomic mass is 16.6. The minimum Gasteiger partial charge on any atom is -0.449 e. The van der Waals surface area contributed by atoms with Crippen LogP contribution in [0.3, 0.4) is 0 Å². The summed E-state index contributed by atoms with van der Waals surface area (Å²) in [5, 5.41) is 3.45. The highest BCUT2D eigenvalue weighted by Crippen LogP contribution is 2.23. The molecule has 0 aliphatic carbocycles. The number of amides is 1. The van der Waals surface area contributed by atoms with E-state index in [0.29, 0.717) is 24.2 Å². The second-order valence-electron chi connectivity index (χ2n) is 5.09. The van der Waals surface area contributed by atoms with Crippen molar-refractivity contribution < 1.29 is 18.7 Å². The number of esters is 1. The minimum atomic E-state index is -0.752. The maximum absolute atomic E-state index is 12.1. The molecule has 1 aromatic carbocycles. The number of ether oxygens (including phenoxy) is 1. The summed E-state index contributed by atoms with van der Waals surface area (Å²) in [7, 11) is 0. The lowest BCUT2D eigenvalue weighted by Crippen LogP contribution is -2.35. The van der Waals surface area contributed by atoms with Gasteiger partial charge in [0.15, 0.2) is 6.10 Å². The van der Waals surface area contributed by atoms with Crippen molar-refractivity contribution in [1.29, 1.82) is 0 Å². The number of hydrogen-bond acceptors (Lipinski definition) is 5. The first-order valence-corrected chi connectivity index (χ1v) is 6.91. The maximum Gasteiger partial charge on any atom is 0.375 e. The summed E-state index contributed by atoms with van der Waals surface area (Å²) in [5.74, 6) is -0.805. The topological polar surface area (TPSA) is 94.6 Å². The van der Waals surface area contributed by atoms with Crippen LogP contribution in [0.4, 0.5) is 5.69 Å². The molecule has 1 amide bonds. The summed E-state index contributed by atoms with van der Waals surface area (Å²) < 4.78 is 10.7. The zero-order chi connectivity index (χ0) is 14.8. The molecular formula is C15H16N2O4. The fourth-order valence-corrected chi connectivity index (χ4v) is 2.37. The van der Waals surface area contributed by atoms with Crippen molar-refractivity contribution >= 4 is 28.5 Å². The SMILES string of the molecule is Nc1ccc2oc(C(=O)OC3CCCCNC3=O)cc2c1. The zero-order valence-corrected chi connectivity index (χ0v) is 11.4. The Morgan fingerprint density at radius 3 is 3.05 bits per heavy atom. The molecule has 2 heterocycles. The minimum absolute atomic E-state index is 0.0765. The average molecular weight is 288 g/mol. The van der Waals surface area contributed by atoms with Crippen LogP contribution in [-0.4, -0.2) is 24.5 Å². The van der Waals surface area contributed by atoms with Crippen molar-refractivity contribution in [2.75, 3.05) is 12.3 Å². The van der Waals surface area contributed by atoms with E-state index >= 15 is 0 Å². The van der Waals surface area contributed by atoms with Gasteiger partial charge in [-0.1, -0.05) is 0 Å². The largest absolute Gasteiger partial charge is 0.449 e. The van der Waals surface area contributed by atoms with Gasteiger partial charge in [0.25, 0.3) is 5.91 Å². The maximum atomic E-state index is 12.1. The average Bonchev–Trinajstić information content (AvgIpc) is 2.78. The number of fused-ring (bicyclic) bond motifs is 1. The van der Waals surface area contributed by atoms with Gasteiger partial charge < -0.3 is 20.2 Å². The molecule has 3 rings (SSSR count). The van der Waals surface area contributed by atoms with Gasteiger partial charge in [0.05, 0.1) is 0 Å². The van der Waals surface area contributed by atoms with Crippen molar-refractivity contribution in [1.82, 2.24) is 5.32 Å². The number of anilines is 1. The molecule has 6 nitrogen and oxygen atoms in total. The fraction of sp³-hybridized carbons (Fsp3) is 0.333. The Morgan fingerprint density at radius 2 is 2.19 bits per heavy atom. The van der Waals surface area contributed by atoms with Crippen LogP contribution in [0.15, 0.2) is 28.7 Å². The summed E-state index contributed by atoms with van der Waals surface area (Å²) in [6.07, 6.45) is 1.51. The standard InChI is InChI=1S/C15H16N2O4/c16-10-4-5-11-9(7-10)8-13(20-11)15(19)21-12-3-1-2-6-17-14(12)18/h4-5,7-8,12H,1-3,6,16H2,(H,17,18). The molecule has 1 fully saturated rings. The third-order valence-electron chi connectivity index (χ3n) is 3.48. The van der Waals surface area contributed by atoms with Crippen LogP contribution in [0, 0.1) is 0 Å². The highest BCUT2D eigenvalue weighted by molar-refractivity contribution is 5.95. The number of nitrogens with two attached hydrogens (primary N) is 1. The molecule has 0 radical (unpaired) electrons. The molecule has 0 saturated carbocycles. The number of carbonyl (C=O) groups excluding carboxylic acids is 2. The molecule has 3 N–H and O–H groups in total. The molecule has 1 atom stereocenters. The molecule has 1 saturated heterocycles. The smallest absolute Gasteiger partial charge is 0.375 e. The number of hydrogen-bond donors (Lipinski definition) is 2. The normalized spacial score (nSPS) is 19.0. The quantitative estimate of drug-likeness (QED) is 0.649. The molecule has 1 unspecified atom stereocenters. The molecule has 6 heteroatoms. The van der Waals surface area contributed by atoms with Crippen LogP contribution in [0.1, 0.15) is 29.8 Å². The molecule has 1 aliphatic heterocycles. The third-order valence-corrected chi connectivity index (χ3v) is 3.48. The third kappa shape index (κ3) is 2.84. The number of furan rings is 1. The van der Waals surface area contributed by atoms with Crippen LogP contribution in [0.2, 0.25) is 0 Å². The first-order valence-electron chi connectivity index (χ1n) is 6.91. The van der Waals surface area contributed by atoms with Gasteiger partial charge in [0.2, 0.25) is 5.76 Å². The van der Waals surface area contributed by atoms with E-state index in [-0.39, 0.29) is 11.7 Å². The Balaban J connectivity index is 1.78. The zero-order valence-electron chi connectivity index (χ0n) is 11.4.